The summed E-state index contributed by atoms with van der Waals surface area (Å²) in [7, 11) is 0. The number of aromatic nitrogens is 2. The first-order valence-electron chi connectivity index (χ1n) is 22.3. The molecule has 13 aromatic rings. The average Bonchev–Trinajstić information content (AvgIpc) is 3.90. The molecule has 11 aromatic carbocycles. The Morgan fingerprint density at radius 1 is 0.262 bits per heavy atom. The summed E-state index contributed by atoms with van der Waals surface area (Å²) in [5.74, 6) is 0. The smallest absolute Gasteiger partial charge is 0.0641 e. The van der Waals surface area contributed by atoms with Crippen LogP contribution in [-0.4, -0.2) is 9.13 Å². The van der Waals surface area contributed by atoms with Crippen molar-refractivity contribution in [1.29, 1.82) is 0 Å². The number of para-hydroxylation sites is 2. The summed E-state index contributed by atoms with van der Waals surface area (Å²) in [4.78, 5) is 2.38. The van der Waals surface area contributed by atoms with Crippen LogP contribution in [0.3, 0.4) is 0 Å². The third-order valence-electron chi connectivity index (χ3n) is 13.2. The van der Waals surface area contributed by atoms with Crippen molar-refractivity contribution in [2.45, 2.75) is 0 Å². The van der Waals surface area contributed by atoms with Gasteiger partial charge in [0.1, 0.15) is 0 Å². The molecule has 3 heteroatoms. The molecule has 0 atom stereocenters. The Hall–Kier alpha value is -8.66. The number of hydrogen-bond donors (Lipinski definition) is 0. The van der Waals surface area contributed by atoms with Gasteiger partial charge in [0.15, 0.2) is 0 Å². The topological polar surface area (TPSA) is 13.1 Å². The van der Waals surface area contributed by atoms with E-state index in [1.54, 1.807) is 0 Å². The van der Waals surface area contributed by atoms with Crippen molar-refractivity contribution in [3.63, 3.8) is 0 Å². The summed E-state index contributed by atoms with van der Waals surface area (Å²) >= 11 is 0. The number of benzene rings is 11. The molecule has 0 aliphatic heterocycles. The predicted octanol–water partition coefficient (Wildman–Crippen LogP) is 17.0. The van der Waals surface area contributed by atoms with Crippen LogP contribution >= 0.6 is 0 Å². The van der Waals surface area contributed by atoms with Crippen LogP contribution in [0.2, 0.25) is 0 Å². The molecule has 0 unspecified atom stereocenters. The zero-order valence-electron chi connectivity index (χ0n) is 35.5. The molecule has 0 aliphatic rings. The number of fused-ring (bicyclic) bond motifs is 9. The van der Waals surface area contributed by atoms with Gasteiger partial charge in [-0.2, -0.15) is 0 Å². The van der Waals surface area contributed by atoms with E-state index in [1.165, 1.54) is 87.4 Å². The van der Waals surface area contributed by atoms with Crippen LogP contribution in [0.25, 0.3) is 98.8 Å². The first kappa shape index (κ1) is 36.9. The first-order valence-corrected chi connectivity index (χ1v) is 22.3. The Balaban J connectivity index is 0.978. The fourth-order valence-electron chi connectivity index (χ4n) is 10.2. The number of rotatable bonds is 7. The molecule has 0 saturated heterocycles. The zero-order valence-corrected chi connectivity index (χ0v) is 35.5. The molecule has 65 heavy (non-hydrogen) atoms. The minimum absolute atomic E-state index is 1.10. The van der Waals surface area contributed by atoms with E-state index in [0.717, 1.165) is 28.4 Å². The van der Waals surface area contributed by atoms with Crippen molar-refractivity contribution in [2.75, 3.05) is 4.90 Å². The second-order valence-electron chi connectivity index (χ2n) is 17.0. The summed E-state index contributed by atoms with van der Waals surface area (Å²) in [6, 6.07) is 90.7. The summed E-state index contributed by atoms with van der Waals surface area (Å²) in [5, 5.41) is 9.82. The second-order valence-corrected chi connectivity index (χ2v) is 17.0. The minimum atomic E-state index is 1.10. The third kappa shape index (κ3) is 6.12. The van der Waals surface area contributed by atoms with Gasteiger partial charge in [0.05, 0.1) is 22.1 Å². The Bertz CT molecular complexity index is 3930. The quantitative estimate of drug-likeness (QED) is 0.156. The standard InChI is InChI=1S/C62H41N3/c1-3-14-42(15-4-1)45-26-31-50(32-27-45)63(51-21-13-20-47(38-51)43-16-5-2-6-17-43)52-34-29-49-41-54(35-30-48(49)40-52)65-58-24-11-9-22-55(58)56-36-37-60-61(62(56)65)57-23-10-12-25-59(57)64(60)53-33-28-44-18-7-8-19-46(44)39-53/h1-41H. The van der Waals surface area contributed by atoms with Crippen molar-refractivity contribution in [3.8, 4) is 33.6 Å². The summed E-state index contributed by atoms with van der Waals surface area (Å²) in [6.45, 7) is 0. The van der Waals surface area contributed by atoms with Gasteiger partial charge in [-0.1, -0.05) is 170 Å². The highest BCUT2D eigenvalue weighted by atomic mass is 15.1. The molecule has 0 N–H and O–H groups in total. The molecule has 2 aromatic heterocycles. The highest BCUT2D eigenvalue weighted by molar-refractivity contribution is 6.26. The lowest BCUT2D eigenvalue weighted by atomic mass is 10.0. The Kier molecular flexibility index (Phi) is 8.53. The number of nitrogens with zero attached hydrogens (tertiary/aromatic N) is 3. The molecule has 0 bridgehead atoms. The molecule has 3 nitrogen and oxygen atoms in total. The SMILES string of the molecule is c1ccc(-c2ccc(N(c3cccc(-c4ccccc4)c3)c3ccc4cc(-n5c6ccccc6c6ccc7c(c8ccccc8n7-c7ccc8ccccc8c7)c65)ccc4c3)cc2)cc1. The molecule has 0 radical (unpaired) electrons. The molecule has 2 heterocycles. The largest absolute Gasteiger partial charge is 0.310 e. The van der Waals surface area contributed by atoms with Crippen molar-refractivity contribution in [3.05, 3.63) is 249 Å². The van der Waals surface area contributed by atoms with Gasteiger partial charge in [-0.05, 0) is 123 Å². The molecule has 0 fully saturated rings. The fraction of sp³-hybridized carbons (Fsp3) is 0. The maximum Gasteiger partial charge on any atom is 0.0641 e. The van der Waals surface area contributed by atoms with Gasteiger partial charge in [-0.3, -0.25) is 0 Å². The lowest BCUT2D eigenvalue weighted by Gasteiger charge is -2.26. The van der Waals surface area contributed by atoms with Crippen LogP contribution < -0.4 is 4.90 Å². The van der Waals surface area contributed by atoms with Crippen molar-refractivity contribution < 1.29 is 0 Å². The van der Waals surface area contributed by atoms with Gasteiger partial charge in [0.2, 0.25) is 0 Å². The van der Waals surface area contributed by atoms with Crippen LogP contribution in [0.1, 0.15) is 0 Å². The van der Waals surface area contributed by atoms with E-state index in [-0.39, 0.29) is 0 Å². The van der Waals surface area contributed by atoms with E-state index in [1.807, 2.05) is 0 Å². The van der Waals surface area contributed by atoms with E-state index < -0.39 is 0 Å². The van der Waals surface area contributed by atoms with Crippen LogP contribution in [0.4, 0.5) is 17.1 Å². The van der Waals surface area contributed by atoms with Crippen LogP contribution in [0.5, 0.6) is 0 Å². The zero-order chi connectivity index (χ0) is 42.8. The van der Waals surface area contributed by atoms with Gasteiger partial charge in [0, 0.05) is 50.0 Å². The average molecular weight is 828 g/mol. The molecule has 0 spiro atoms. The Morgan fingerprint density at radius 3 is 1.55 bits per heavy atom. The number of anilines is 3. The molecule has 0 amide bonds. The van der Waals surface area contributed by atoms with Crippen molar-refractivity contribution in [2.24, 2.45) is 0 Å². The van der Waals surface area contributed by atoms with Gasteiger partial charge in [0.25, 0.3) is 0 Å². The third-order valence-corrected chi connectivity index (χ3v) is 13.2. The van der Waals surface area contributed by atoms with E-state index in [0.29, 0.717) is 0 Å². The molecule has 0 aliphatic carbocycles. The summed E-state index contributed by atoms with van der Waals surface area (Å²) in [6.07, 6.45) is 0. The molecule has 304 valence electrons. The number of hydrogen-bond acceptors (Lipinski definition) is 1. The van der Waals surface area contributed by atoms with Crippen molar-refractivity contribution >= 4 is 82.2 Å². The Morgan fingerprint density at radius 2 is 0.785 bits per heavy atom. The summed E-state index contributed by atoms with van der Waals surface area (Å²) in [5.41, 5.74) is 15.2. The molecule has 0 saturated carbocycles. The van der Waals surface area contributed by atoms with Crippen LogP contribution in [-0.2, 0) is 0 Å². The highest BCUT2D eigenvalue weighted by Crippen LogP contribution is 2.44. The molecule has 13 rings (SSSR count). The normalized spacial score (nSPS) is 11.7. The van der Waals surface area contributed by atoms with E-state index in [9.17, 15) is 0 Å². The van der Waals surface area contributed by atoms with Gasteiger partial charge in [-0.15, -0.1) is 0 Å². The minimum Gasteiger partial charge on any atom is -0.310 e. The monoisotopic (exact) mass is 827 g/mol. The molecular formula is C62H41N3. The predicted molar refractivity (Wildman–Crippen MR) is 276 cm³/mol. The highest BCUT2D eigenvalue weighted by Gasteiger charge is 2.22. The van der Waals surface area contributed by atoms with Gasteiger partial charge >= 0.3 is 0 Å². The Labute approximate surface area is 376 Å². The van der Waals surface area contributed by atoms with E-state index in [4.69, 9.17) is 0 Å². The van der Waals surface area contributed by atoms with Crippen molar-refractivity contribution in [1.82, 2.24) is 9.13 Å². The first-order chi connectivity index (χ1) is 32.2. The summed E-state index contributed by atoms with van der Waals surface area (Å²) < 4.78 is 4.93. The van der Waals surface area contributed by atoms with E-state index >= 15 is 0 Å². The van der Waals surface area contributed by atoms with Gasteiger partial charge in [-0.25, -0.2) is 0 Å². The lowest BCUT2D eigenvalue weighted by molar-refractivity contribution is 1.18. The van der Waals surface area contributed by atoms with E-state index in [2.05, 4.69) is 263 Å². The van der Waals surface area contributed by atoms with Gasteiger partial charge < -0.3 is 14.0 Å². The lowest BCUT2D eigenvalue weighted by Crippen LogP contribution is -2.10. The van der Waals surface area contributed by atoms with Crippen LogP contribution in [0.15, 0.2) is 249 Å². The second kappa shape index (κ2) is 15.0. The molecular weight excluding hydrogens is 787 g/mol. The fourth-order valence-corrected chi connectivity index (χ4v) is 10.2. The maximum atomic E-state index is 2.49. The maximum absolute atomic E-state index is 2.49. The van der Waals surface area contributed by atoms with Crippen LogP contribution in [0, 0.1) is 0 Å².